The van der Waals surface area contributed by atoms with Crippen molar-refractivity contribution in [1.82, 2.24) is 10.2 Å². The van der Waals surface area contributed by atoms with E-state index in [1.54, 1.807) is 18.7 Å². The molecule has 1 saturated carbocycles. The molecule has 2 fully saturated rings. The Morgan fingerprint density at radius 2 is 1.97 bits per heavy atom. The molecule has 7 nitrogen and oxygen atoms in total. The second-order valence-corrected chi connectivity index (χ2v) is 8.31. The van der Waals surface area contributed by atoms with Crippen LogP contribution in [0.25, 0.3) is 0 Å². The number of nitrogens with one attached hydrogen (secondary N) is 1. The molecule has 1 aliphatic carbocycles. The van der Waals surface area contributed by atoms with Crippen molar-refractivity contribution in [2.45, 2.75) is 76.5 Å². The molecule has 0 radical (unpaired) electrons. The molecule has 164 valence electrons. The number of nitrogens with zero attached hydrogens (tertiary/aromatic N) is 1. The lowest BCUT2D eigenvalue weighted by molar-refractivity contribution is -0.151. The molecular formula is C23H32N2O5. The van der Waals surface area contributed by atoms with Gasteiger partial charge in [0, 0.05) is 6.04 Å². The van der Waals surface area contributed by atoms with Crippen LogP contribution in [-0.4, -0.2) is 58.6 Å². The summed E-state index contributed by atoms with van der Waals surface area (Å²) in [6.45, 7) is 3.72. The Bertz CT molecular complexity index is 753. The van der Waals surface area contributed by atoms with E-state index < -0.39 is 24.1 Å². The maximum atomic E-state index is 13.2. The molecule has 3 rings (SSSR count). The fourth-order valence-electron chi connectivity index (χ4n) is 4.89. The number of carbonyl (C=O) groups excluding carboxylic acids is 2. The van der Waals surface area contributed by atoms with Crippen molar-refractivity contribution in [3.63, 3.8) is 0 Å². The topological polar surface area (TPSA) is 95.9 Å². The largest absolute Gasteiger partial charge is 0.480 e. The molecule has 2 N–H and O–H groups in total. The van der Waals surface area contributed by atoms with Crippen molar-refractivity contribution in [3.05, 3.63) is 35.9 Å². The Kier molecular flexibility index (Phi) is 7.48. The molecular weight excluding hydrogens is 384 g/mol. The summed E-state index contributed by atoms with van der Waals surface area (Å²) < 4.78 is 5.21. The van der Waals surface area contributed by atoms with E-state index in [1.165, 1.54) is 0 Å². The predicted octanol–water partition coefficient (Wildman–Crippen LogP) is 2.38. The van der Waals surface area contributed by atoms with Gasteiger partial charge in [-0.2, -0.15) is 0 Å². The second kappa shape index (κ2) is 10.1. The van der Waals surface area contributed by atoms with Crippen LogP contribution in [0.4, 0.5) is 0 Å². The number of amides is 1. The van der Waals surface area contributed by atoms with Crippen LogP contribution in [0.3, 0.4) is 0 Å². The van der Waals surface area contributed by atoms with E-state index in [0.29, 0.717) is 19.3 Å². The molecule has 0 bridgehead atoms. The first-order valence-electron chi connectivity index (χ1n) is 10.9. The van der Waals surface area contributed by atoms with E-state index in [1.807, 2.05) is 30.3 Å². The van der Waals surface area contributed by atoms with E-state index in [9.17, 15) is 19.5 Å². The van der Waals surface area contributed by atoms with Gasteiger partial charge in [-0.05, 0) is 57.4 Å². The Morgan fingerprint density at radius 1 is 1.23 bits per heavy atom. The highest BCUT2D eigenvalue weighted by atomic mass is 16.5. The van der Waals surface area contributed by atoms with Gasteiger partial charge >= 0.3 is 11.9 Å². The van der Waals surface area contributed by atoms with E-state index in [4.69, 9.17) is 4.74 Å². The summed E-state index contributed by atoms with van der Waals surface area (Å²) in [5.41, 5.74) is 1.10. The number of benzene rings is 1. The van der Waals surface area contributed by atoms with Crippen LogP contribution >= 0.6 is 0 Å². The predicted molar refractivity (Wildman–Crippen MR) is 112 cm³/mol. The van der Waals surface area contributed by atoms with Crippen molar-refractivity contribution in [3.8, 4) is 0 Å². The van der Waals surface area contributed by atoms with Crippen molar-refractivity contribution in [1.29, 1.82) is 0 Å². The number of aliphatic carboxylic acids is 1. The third kappa shape index (κ3) is 5.01. The molecule has 1 amide bonds. The van der Waals surface area contributed by atoms with Gasteiger partial charge in [-0.15, -0.1) is 0 Å². The highest BCUT2D eigenvalue weighted by Gasteiger charge is 2.49. The van der Waals surface area contributed by atoms with Gasteiger partial charge in [0.1, 0.15) is 12.1 Å². The number of fused-ring (bicyclic) bond motifs is 1. The average Bonchev–Trinajstić information content (AvgIpc) is 3.32. The van der Waals surface area contributed by atoms with E-state index in [0.717, 1.165) is 24.8 Å². The minimum atomic E-state index is -0.948. The number of carbonyl (C=O) groups is 3. The minimum absolute atomic E-state index is 0.00629. The molecule has 30 heavy (non-hydrogen) atoms. The summed E-state index contributed by atoms with van der Waals surface area (Å²) in [4.78, 5) is 39.1. The number of ether oxygens (including phenoxy) is 1. The summed E-state index contributed by atoms with van der Waals surface area (Å²) in [6.07, 6.45) is 4.54. The first kappa shape index (κ1) is 22.3. The Morgan fingerprint density at radius 3 is 2.63 bits per heavy atom. The fraction of sp³-hybridized carbons (Fsp3) is 0.609. The number of hydrogen-bond acceptors (Lipinski definition) is 5. The molecule has 1 heterocycles. The standard InChI is InChI=1S/C23H32N2O5/c1-3-30-23(29)18(13-12-16-8-5-4-6-9-16)24-15(2)21(26)25-19-11-7-10-17(19)14-20(25)22(27)28/h4-6,8-9,15,17-20,24H,3,7,10-14H2,1-2H3,(H,27,28)/t15-,17-,18-,19?,20-/m0/s1. The van der Waals surface area contributed by atoms with Crippen LogP contribution in [-0.2, 0) is 25.5 Å². The first-order chi connectivity index (χ1) is 14.4. The maximum Gasteiger partial charge on any atom is 0.326 e. The molecule has 7 heteroatoms. The van der Waals surface area contributed by atoms with Crippen molar-refractivity contribution in [2.24, 2.45) is 5.92 Å². The SMILES string of the molecule is CCOC(=O)[C@H](CCc1ccccc1)N[C@@H](C)C(=O)N1C2CCC[C@H]2C[C@H]1C(=O)O. The molecule has 0 aromatic heterocycles. The Labute approximate surface area is 177 Å². The molecule has 1 aromatic carbocycles. The van der Waals surface area contributed by atoms with Crippen LogP contribution < -0.4 is 5.32 Å². The van der Waals surface area contributed by atoms with Gasteiger partial charge in [0.05, 0.1) is 12.6 Å². The number of rotatable bonds is 9. The van der Waals surface area contributed by atoms with Crippen LogP contribution in [0.2, 0.25) is 0 Å². The highest BCUT2D eigenvalue weighted by molar-refractivity contribution is 5.88. The number of esters is 1. The minimum Gasteiger partial charge on any atom is -0.480 e. The number of aryl methyl sites for hydroxylation is 1. The third-order valence-electron chi connectivity index (χ3n) is 6.33. The summed E-state index contributed by atoms with van der Waals surface area (Å²) in [7, 11) is 0. The van der Waals surface area contributed by atoms with E-state index in [-0.39, 0.29) is 30.4 Å². The summed E-state index contributed by atoms with van der Waals surface area (Å²) in [5, 5.41) is 12.8. The molecule has 1 unspecified atom stereocenters. The average molecular weight is 417 g/mol. The van der Waals surface area contributed by atoms with Gasteiger partial charge in [-0.1, -0.05) is 36.8 Å². The van der Waals surface area contributed by atoms with Crippen LogP contribution in [0.5, 0.6) is 0 Å². The number of likely N-dealkylation sites (tertiary alicyclic amines) is 1. The first-order valence-corrected chi connectivity index (χ1v) is 10.9. The summed E-state index contributed by atoms with van der Waals surface area (Å²) >= 11 is 0. The van der Waals surface area contributed by atoms with Crippen LogP contribution in [0, 0.1) is 5.92 Å². The summed E-state index contributed by atoms with van der Waals surface area (Å²) in [6, 6.07) is 7.76. The lowest BCUT2D eigenvalue weighted by atomic mass is 10.0. The maximum absolute atomic E-state index is 13.2. The van der Waals surface area contributed by atoms with Crippen molar-refractivity contribution < 1.29 is 24.2 Å². The Hall–Kier alpha value is -2.41. The monoisotopic (exact) mass is 416 g/mol. The number of carboxylic acid groups (broad SMARTS) is 1. The van der Waals surface area contributed by atoms with Gasteiger partial charge in [0.25, 0.3) is 0 Å². The van der Waals surface area contributed by atoms with Gasteiger partial charge in [0.15, 0.2) is 0 Å². The van der Waals surface area contributed by atoms with E-state index in [2.05, 4.69) is 5.32 Å². The number of hydrogen-bond donors (Lipinski definition) is 2. The van der Waals surface area contributed by atoms with Crippen LogP contribution in [0.1, 0.15) is 51.5 Å². The molecule has 1 aromatic rings. The van der Waals surface area contributed by atoms with E-state index >= 15 is 0 Å². The molecule has 5 atom stereocenters. The van der Waals surface area contributed by atoms with Crippen LogP contribution in [0.15, 0.2) is 30.3 Å². The molecule has 2 aliphatic rings. The van der Waals surface area contributed by atoms with Gasteiger partial charge in [0.2, 0.25) is 5.91 Å². The lowest BCUT2D eigenvalue weighted by Gasteiger charge is -2.31. The zero-order chi connectivity index (χ0) is 21.7. The zero-order valence-electron chi connectivity index (χ0n) is 17.8. The normalized spacial score (nSPS) is 24.9. The van der Waals surface area contributed by atoms with Gasteiger partial charge < -0.3 is 14.7 Å². The second-order valence-electron chi connectivity index (χ2n) is 8.31. The summed E-state index contributed by atoms with van der Waals surface area (Å²) in [5.74, 6) is -1.31. The smallest absolute Gasteiger partial charge is 0.326 e. The lowest BCUT2D eigenvalue weighted by Crippen LogP contribution is -2.55. The Balaban J connectivity index is 1.68. The van der Waals surface area contributed by atoms with Crippen molar-refractivity contribution >= 4 is 17.8 Å². The third-order valence-corrected chi connectivity index (χ3v) is 6.33. The van der Waals surface area contributed by atoms with Gasteiger partial charge in [-0.3, -0.25) is 14.9 Å². The van der Waals surface area contributed by atoms with Gasteiger partial charge in [-0.25, -0.2) is 4.79 Å². The zero-order valence-corrected chi connectivity index (χ0v) is 17.8. The van der Waals surface area contributed by atoms with Crippen molar-refractivity contribution in [2.75, 3.05) is 6.61 Å². The molecule has 0 spiro atoms. The molecule has 1 saturated heterocycles. The quantitative estimate of drug-likeness (QED) is 0.600. The molecule has 1 aliphatic heterocycles. The highest BCUT2D eigenvalue weighted by Crippen LogP contribution is 2.41. The number of carboxylic acids is 1. The fourth-order valence-corrected chi connectivity index (χ4v) is 4.89.